The lowest BCUT2D eigenvalue weighted by Gasteiger charge is -2.15. The van der Waals surface area contributed by atoms with Gasteiger partial charge in [0.15, 0.2) is 0 Å². The third-order valence-electron chi connectivity index (χ3n) is 2.96. The van der Waals surface area contributed by atoms with Crippen LogP contribution in [0.25, 0.3) is 0 Å². The molecule has 0 amide bonds. The van der Waals surface area contributed by atoms with Crippen molar-refractivity contribution in [2.75, 3.05) is 0 Å². The molecule has 0 heterocycles. The predicted octanol–water partition coefficient (Wildman–Crippen LogP) is 2.80. The molecule has 2 aromatic carbocycles. The Morgan fingerprint density at radius 3 is 1.56 bits per heavy atom. The molecule has 0 atom stereocenters. The van der Waals surface area contributed by atoms with Gasteiger partial charge in [-0.1, -0.05) is 23.3 Å². The lowest BCUT2D eigenvalue weighted by atomic mass is 9.97. The molecule has 94 valence electrons. The summed E-state index contributed by atoms with van der Waals surface area (Å²) in [7, 11) is 0. The number of hydrogen-bond donors (Lipinski definition) is 3. The van der Waals surface area contributed by atoms with E-state index in [1.807, 2.05) is 13.8 Å². The first-order valence-electron chi connectivity index (χ1n) is 5.76. The first kappa shape index (κ1) is 12.5. The predicted molar refractivity (Wildman–Crippen MR) is 69.7 cm³/mol. The lowest BCUT2D eigenvalue weighted by Crippen LogP contribution is -2.01. The second-order valence-electron chi connectivity index (χ2n) is 4.53. The van der Waals surface area contributed by atoms with Crippen LogP contribution in [-0.4, -0.2) is 15.3 Å². The largest absolute Gasteiger partial charge is 0.508 e. The summed E-state index contributed by atoms with van der Waals surface area (Å²) in [5.41, 5.74) is 2.68. The van der Waals surface area contributed by atoms with Crippen molar-refractivity contribution in [2.24, 2.45) is 0 Å². The number of hydrogen-bond acceptors (Lipinski definition) is 3. The van der Waals surface area contributed by atoms with Gasteiger partial charge in [-0.2, -0.15) is 0 Å². The first-order chi connectivity index (χ1) is 8.49. The number of benzene rings is 2. The quantitative estimate of drug-likeness (QED) is 0.761. The zero-order valence-corrected chi connectivity index (χ0v) is 10.4. The second kappa shape index (κ2) is 4.70. The Hall–Kier alpha value is -2.00. The van der Waals surface area contributed by atoms with Crippen molar-refractivity contribution in [1.82, 2.24) is 0 Å². The molecule has 0 aliphatic carbocycles. The molecule has 0 bridgehead atoms. The van der Waals surface area contributed by atoms with E-state index in [-0.39, 0.29) is 11.5 Å². The van der Waals surface area contributed by atoms with Crippen molar-refractivity contribution in [2.45, 2.75) is 20.0 Å². The van der Waals surface area contributed by atoms with Gasteiger partial charge in [0.1, 0.15) is 17.6 Å². The van der Waals surface area contributed by atoms with Crippen LogP contribution >= 0.6 is 0 Å². The summed E-state index contributed by atoms with van der Waals surface area (Å²) in [6, 6.07) is 10.0. The minimum Gasteiger partial charge on any atom is -0.508 e. The van der Waals surface area contributed by atoms with Crippen molar-refractivity contribution in [3.8, 4) is 11.5 Å². The summed E-state index contributed by atoms with van der Waals surface area (Å²) < 4.78 is 0. The normalized spacial score (nSPS) is 10.9. The molecule has 0 spiro atoms. The third kappa shape index (κ3) is 2.31. The van der Waals surface area contributed by atoms with Gasteiger partial charge in [-0.3, -0.25) is 0 Å². The highest BCUT2D eigenvalue weighted by Crippen LogP contribution is 2.34. The number of phenols is 2. The van der Waals surface area contributed by atoms with Crippen LogP contribution in [0.1, 0.15) is 28.4 Å². The molecular weight excluding hydrogens is 228 g/mol. The summed E-state index contributed by atoms with van der Waals surface area (Å²) >= 11 is 0. The smallest absolute Gasteiger partial charge is 0.121 e. The Morgan fingerprint density at radius 2 is 1.17 bits per heavy atom. The van der Waals surface area contributed by atoms with Crippen LogP contribution in [0.2, 0.25) is 0 Å². The minimum atomic E-state index is -1.04. The van der Waals surface area contributed by atoms with E-state index in [2.05, 4.69) is 0 Å². The second-order valence-corrected chi connectivity index (χ2v) is 4.53. The van der Waals surface area contributed by atoms with Crippen LogP contribution in [0.5, 0.6) is 11.5 Å². The average molecular weight is 244 g/mol. The monoisotopic (exact) mass is 244 g/mol. The molecule has 0 aliphatic rings. The van der Waals surface area contributed by atoms with Crippen molar-refractivity contribution >= 4 is 0 Å². The molecule has 3 nitrogen and oxygen atoms in total. The van der Waals surface area contributed by atoms with Gasteiger partial charge in [0.25, 0.3) is 0 Å². The van der Waals surface area contributed by atoms with Crippen molar-refractivity contribution in [3.63, 3.8) is 0 Å². The fraction of sp³-hybridized carbons (Fsp3) is 0.200. The van der Waals surface area contributed by atoms with Gasteiger partial charge in [0.05, 0.1) is 0 Å². The van der Waals surface area contributed by atoms with E-state index in [4.69, 9.17) is 0 Å². The molecule has 0 unspecified atom stereocenters. The van der Waals surface area contributed by atoms with Crippen LogP contribution in [-0.2, 0) is 0 Å². The van der Waals surface area contributed by atoms with E-state index in [1.165, 1.54) is 0 Å². The molecule has 2 rings (SSSR count). The zero-order valence-electron chi connectivity index (χ0n) is 10.4. The highest BCUT2D eigenvalue weighted by atomic mass is 16.3. The van der Waals surface area contributed by atoms with Gasteiger partial charge >= 0.3 is 0 Å². The maximum atomic E-state index is 10.3. The molecule has 0 saturated heterocycles. The van der Waals surface area contributed by atoms with Crippen molar-refractivity contribution < 1.29 is 15.3 Å². The van der Waals surface area contributed by atoms with Gasteiger partial charge in [0.2, 0.25) is 0 Å². The summed E-state index contributed by atoms with van der Waals surface area (Å²) in [5.74, 6) is 0.0445. The van der Waals surface area contributed by atoms with Crippen LogP contribution < -0.4 is 0 Å². The van der Waals surface area contributed by atoms with E-state index in [9.17, 15) is 15.3 Å². The molecule has 0 aromatic heterocycles. The van der Waals surface area contributed by atoms with Crippen LogP contribution in [0, 0.1) is 13.8 Å². The number of aliphatic hydroxyl groups is 1. The fourth-order valence-electron chi connectivity index (χ4n) is 1.95. The molecule has 3 N–H and O–H groups in total. The van der Waals surface area contributed by atoms with E-state index >= 15 is 0 Å². The number of phenolic OH excluding ortho intramolecular Hbond substituents is 2. The van der Waals surface area contributed by atoms with Gasteiger partial charge in [0, 0.05) is 11.1 Å². The maximum absolute atomic E-state index is 10.3. The number of rotatable bonds is 2. The maximum Gasteiger partial charge on any atom is 0.121 e. The van der Waals surface area contributed by atoms with Gasteiger partial charge in [-0.15, -0.1) is 0 Å². The van der Waals surface area contributed by atoms with Crippen LogP contribution in [0.15, 0.2) is 36.4 Å². The average Bonchev–Trinajstić information content (AvgIpc) is 2.34. The fourth-order valence-corrected chi connectivity index (χ4v) is 1.95. The SMILES string of the molecule is Cc1ccc(O)c(C(O)c2cc(C)ccc2O)c1. The topological polar surface area (TPSA) is 60.7 Å². The zero-order chi connectivity index (χ0) is 13.3. The first-order valence-corrected chi connectivity index (χ1v) is 5.76. The number of aryl methyl sites for hydroxylation is 2. The third-order valence-corrected chi connectivity index (χ3v) is 2.96. The van der Waals surface area contributed by atoms with Crippen LogP contribution in [0.4, 0.5) is 0 Å². The standard InChI is InChI=1S/C15H16O3/c1-9-3-5-13(16)11(7-9)15(18)12-8-10(2)4-6-14(12)17/h3-8,15-18H,1-2H3. The molecule has 0 radical (unpaired) electrons. The molecule has 0 fully saturated rings. The highest BCUT2D eigenvalue weighted by Gasteiger charge is 2.18. The number of aliphatic hydroxyl groups excluding tert-OH is 1. The Labute approximate surface area is 106 Å². The summed E-state index contributed by atoms with van der Waals surface area (Å²) in [4.78, 5) is 0. The van der Waals surface area contributed by atoms with Crippen molar-refractivity contribution in [3.05, 3.63) is 58.7 Å². The van der Waals surface area contributed by atoms with Gasteiger partial charge in [-0.25, -0.2) is 0 Å². The highest BCUT2D eigenvalue weighted by molar-refractivity contribution is 5.46. The Kier molecular flexibility index (Phi) is 3.26. The molecule has 3 heteroatoms. The Morgan fingerprint density at radius 1 is 0.778 bits per heavy atom. The molecule has 0 aliphatic heterocycles. The molecule has 0 saturated carbocycles. The Balaban J connectivity index is 2.50. The van der Waals surface area contributed by atoms with Gasteiger partial charge in [-0.05, 0) is 38.1 Å². The van der Waals surface area contributed by atoms with E-state index < -0.39 is 6.10 Å². The number of aromatic hydroxyl groups is 2. The lowest BCUT2D eigenvalue weighted by molar-refractivity contribution is 0.211. The minimum absolute atomic E-state index is 0.0222. The summed E-state index contributed by atoms with van der Waals surface area (Å²) in [5, 5.41) is 29.9. The molecular formula is C15H16O3. The van der Waals surface area contributed by atoms with E-state index in [0.717, 1.165) is 11.1 Å². The van der Waals surface area contributed by atoms with Gasteiger partial charge < -0.3 is 15.3 Å². The van der Waals surface area contributed by atoms with E-state index in [1.54, 1.807) is 36.4 Å². The Bertz CT molecular complexity index is 524. The molecule has 18 heavy (non-hydrogen) atoms. The van der Waals surface area contributed by atoms with Crippen LogP contribution in [0.3, 0.4) is 0 Å². The van der Waals surface area contributed by atoms with E-state index in [0.29, 0.717) is 11.1 Å². The molecule has 2 aromatic rings. The summed E-state index contributed by atoms with van der Waals surface area (Å²) in [6.07, 6.45) is -1.04. The van der Waals surface area contributed by atoms with Crippen molar-refractivity contribution in [1.29, 1.82) is 0 Å². The summed E-state index contributed by atoms with van der Waals surface area (Å²) in [6.45, 7) is 3.76.